The van der Waals surface area contributed by atoms with Crippen molar-refractivity contribution in [3.8, 4) is 0 Å². The summed E-state index contributed by atoms with van der Waals surface area (Å²) >= 11 is 0. The van der Waals surface area contributed by atoms with Gasteiger partial charge in [0.2, 0.25) is 5.91 Å². The molecular formula is C11H22N2O. The quantitative estimate of drug-likeness (QED) is 0.674. The molecule has 1 aliphatic rings. The summed E-state index contributed by atoms with van der Waals surface area (Å²) in [4.78, 5) is 10.7. The van der Waals surface area contributed by atoms with E-state index in [9.17, 15) is 4.79 Å². The first kappa shape index (κ1) is 11.5. The summed E-state index contributed by atoms with van der Waals surface area (Å²) in [6, 6.07) is 0.836. The molecule has 0 aromatic carbocycles. The molecular weight excluding hydrogens is 176 g/mol. The van der Waals surface area contributed by atoms with E-state index in [-0.39, 0.29) is 11.9 Å². The van der Waals surface area contributed by atoms with Gasteiger partial charge in [0, 0.05) is 18.5 Å². The van der Waals surface area contributed by atoms with E-state index < -0.39 is 0 Å². The molecule has 0 bridgehead atoms. The molecule has 1 fully saturated rings. The Morgan fingerprint density at radius 2 is 1.93 bits per heavy atom. The first-order chi connectivity index (χ1) is 6.68. The van der Waals surface area contributed by atoms with Crippen molar-refractivity contribution in [3.63, 3.8) is 0 Å². The highest BCUT2D eigenvalue weighted by Gasteiger charge is 2.15. The van der Waals surface area contributed by atoms with Crippen LogP contribution in [-0.2, 0) is 4.79 Å². The van der Waals surface area contributed by atoms with Gasteiger partial charge in [-0.2, -0.15) is 0 Å². The molecule has 14 heavy (non-hydrogen) atoms. The van der Waals surface area contributed by atoms with Crippen LogP contribution in [0.3, 0.4) is 0 Å². The molecule has 0 spiro atoms. The van der Waals surface area contributed by atoms with Crippen LogP contribution in [0.5, 0.6) is 0 Å². The van der Waals surface area contributed by atoms with Crippen LogP contribution < -0.4 is 11.1 Å². The number of hydrogen-bond acceptors (Lipinski definition) is 2. The Bertz CT molecular complexity index is 174. The van der Waals surface area contributed by atoms with Gasteiger partial charge in [-0.25, -0.2) is 0 Å². The highest BCUT2D eigenvalue weighted by molar-refractivity contribution is 5.74. The van der Waals surface area contributed by atoms with Gasteiger partial charge in [-0.05, 0) is 19.8 Å². The topological polar surface area (TPSA) is 55.1 Å². The maximum Gasteiger partial charge on any atom is 0.218 e. The summed E-state index contributed by atoms with van der Waals surface area (Å²) in [6.07, 6.45) is 8.33. The molecule has 0 aliphatic heterocycles. The molecule has 1 rings (SSSR count). The number of amides is 1. The molecule has 0 saturated heterocycles. The lowest BCUT2D eigenvalue weighted by molar-refractivity contribution is -0.118. The van der Waals surface area contributed by atoms with E-state index in [4.69, 9.17) is 5.73 Å². The molecule has 0 heterocycles. The lowest BCUT2D eigenvalue weighted by Crippen LogP contribution is -2.38. The maximum atomic E-state index is 10.7. The van der Waals surface area contributed by atoms with Crippen molar-refractivity contribution < 1.29 is 4.79 Å². The Hall–Kier alpha value is -0.570. The summed E-state index contributed by atoms with van der Waals surface area (Å²) < 4.78 is 0. The Morgan fingerprint density at radius 1 is 1.36 bits per heavy atom. The molecule has 0 aromatic heterocycles. The number of nitrogens with one attached hydrogen (secondary N) is 1. The fourth-order valence-corrected chi connectivity index (χ4v) is 2.21. The monoisotopic (exact) mass is 198 g/mol. The minimum Gasteiger partial charge on any atom is -0.370 e. The van der Waals surface area contributed by atoms with Crippen LogP contribution in [0, 0.1) is 0 Å². The molecule has 1 saturated carbocycles. The number of rotatable bonds is 4. The molecule has 1 unspecified atom stereocenters. The van der Waals surface area contributed by atoms with Gasteiger partial charge in [0.25, 0.3) is 0 Å². The standard InChI is InChI=1S/C11H22N2O/c1-9(8-11(12)14)13-10-6-4-2-3-5-7-10/h9-10,13H,2-8H2,1H3,(H2,12,14). The number of hydrogen-bond donors (Lipinski definition) is 2. The molecule has 3 N–H and O–H groups in total. The van der Waals surface area contributed by atoms with Gasteiger partial charge < -0.3 is 11.1 Å². The van der Waals surface area contributed by atoms with Crippen LogP contribution >= 0.6 is 0 Å². The molecule has 1 amide bonds. The molecule has 82 valence electrons. The lowest BCUT2D eigenvalue weighted by Gasteiger charge is -2.20. The number of carbonyl (C=O) groups excluding carboxylic acids is 1. The minimum atomic E-state index is -0.210. The lowest BCUT2D eigenvalue weighted by atomic mass is 10.1. The van der Waals surface area contributed by atoms with E-state index in [1.807, 2.05) is 6.92 Å². The normalized spacial score (nSPS) is 21.5. The predicted octanol–water partition coefficient (Wildman–Crippen LogP) is 1.56. The van der Waals surface area contributed by atoms with Gasteiger partial charge in [0.05, 0.1) is 0 Å². The zero-order valence-corrected chi connectivity index (χ0v) is 9.09. The van der Waals surface area contributed by atoms with E-state index in [2.05, 4.69) is 5.32 Å². The van der Waals surface area contributed by atoms with E-state index in [1.165, 1.54) is 38.5 Å². The van der Waals surface area contributed by atoms with Crippen LogP contribution in [0.1, 0.15) is 51.9 Å². The average molecular weight is 198 g/mol. The van der Waals surface area contributed by atoms with Gasteiger partial charge in [0.1, 0.15) is 0 Å². The van der Waals surface area contributed by atoms with Crippen molar-refractivity contribution in [3.05, 3.63) is 0 Å². The zero-order chi connectivity index (χ0) is 10.4. The first-order valence-electron chi connectivity index (χ1n) is 5.73. The molecule has 0 radical (unpaired) electrons. The molecule has 1 atom stereocenters. The molecule has 3 nitrogen and oxygen atoms in total. The third-order valence-corrected chi connectivity index (χ3v) is 2.88. The van der Waals surface area contributed by atoms with Crippen LogP contribution in [0.2, 0.25) is 0 Å². The summed E-state index contributed by atoms with van der Waals surface area (Å²) in [7, 11) is 0. The smallest absolute Gasteiger partial charge is 0.218 e. The number of carbonyl (C=O) groups is 1. The summed E-state index contributed by atoms with van der Waals surface area (Å²) in [5, 5.41) is 3.49. The highest BCUT2D eigenvalue weighted by Crippen LogP contribution is 2.17. The largest absolute Gasteiger partial charge is 0.370 e. The van der Waals surface area contributed by atoms with Crippen molar-refractivity contribution in [1.29, 1.82) is 0 Å². The second-order valence-corrected chi connectivity index (χ2v) is 4.43. The highest BCUT2D eigenvalue weighted by atomic mass is 16.1. The fraction of sp³-hybridized carbons (Fsp3) is 0.909. The summed E-state index contributed by atoms with van der Waals surface area (Å²) in [5.74, 6) is -0.210. The maximum absolute atomic E-state index is 10.7. The second-order valence-electron chi connectivity index (χ2n) is 4.43. The van der Waals surface area contributed by atoms with Gasteiger partial charge >= 0.3 is 0 Å². The summed E-state index contributed by atoms with van der Waals surface area (Å²) in [6.45, 7) is 2.04. The van der Waals surface area contributed by atoms with Crippen molar-refractivity contribution in [2.24, 2.45) is 5.73 Å². The molecule has 1 aliphatic carbocycles. The van der Waals surface area contributed by atoms with Crippen LogP contribution in [0.15, 0.2) is 0 Å². The van der Waals surface area contributed by atoms with Gasteiger partial charge in [-0.15, -0.1) is 0 Å². The fourth-order valence-electron chi connectivity index (χ4n) is 2.21. The third kappa shape index (κ3) is 4.61. The van der Waals surface area contributed by atoms with E-state index in [0.29, 0.717) is 12.5 Å². The Kier molecular flexibility index (Phi) is 4.94. The van der Waals surface area contributed by atoms with Gasteiger partial charge in [0.15, 0.2) is 0 Å². The first-order valence-corrected chi connectivity index (χ1v) is 5.73. The van der Waals surface area contributed by atoms with Crippen molar-refractivity contribution in [1.82, 2.24) is 5.32 Å². The Labute approximate surface area is 86.4 Å². The number of primary amides is 1. The summed E-state index contributed by atoms with van der Waals surface area (Å²) in [5.41, 5.74) is 5.15. The predicted molar refractivity (Wildman–Crippen MR) is 57.9 cm³/mol. The van der Waals surface area contributed by atoms with Gasteiger partial charge in [-0.3, -0.25) is 4.79 Å². The Morgan fingerprint density at radius 3 is 2.43 bits per heavy atom. The molecule has 3 heteroatoms. The van der Waals surface area contributed by atoms with Gasteiger partial charge in [-0.1, -0.05) is 25.7 Å². The Balaban J connectivity index is 2.23. The van der Waals surface area contributed by atoms with Crippen molar-refractivity contribution >= 4 is 5.91 Å². The average Bonchev–Trinajstić information content (AvgIpc) is 2.31. The van der Waals surface area contributed by atoms with Crippen molar-refractivity contribution in [2.45, 2.75) is 64.0 Å². The van der Waals surface area contributed by atoms with Crippen LogP contribution in [-0.4, -0.2) is 18.0 Å². The zero-order valence-electron chi connectivity index (χ0n) is 9.09. The number of nitrogens with two attached hydrogens (primary N) is 1. The van der Waals surface area contributed by atoms with Crippen molar-refractivity contribution in [2.75, 3.05) is 0 Å². The van der Waals surface area contributed by atoms with E-state index in [1.54, 1.807) is 0 Å². The SMILES string of the molecule is CC(CC(N)=O)NC1CCCCCC1. The van der Waals surface area contributed by atoms with Crippen LogP contribution in [0.4, 0.5) is 0 Å². The van der Waals surface area contributed by atoms with E-state index in [0.717, 1.165) is 0 Å². The second kappa shape index (κ2) is 6.02. The third-order valence-electron chi connectivity index (χ3n) is 2.88. The minimum absolute atomic E-state index is 0.210. The van der Waals surface area contributed by atoms with E-state index >= 15 is 0 Å². The van der Waals surface area contributed by atoms with Crippen LogP contribution in [0.25, 0.3) is 0 Å². The molecule has 0 aromatic rings.